The lowest BCUT2D eigenvalue weighted by Gasteiger charge is -2.13. The smallest absolute Gasteiger partial charge is 0.257 e. The van der Waals surface area contributed by atoms with Crippen LogP contribution in [0, 0.1) is 0 Å². The number of para-hydroxylation sites is 1. The van der Waals surface area contributed by atoms with Crippen molar-refractivity contribution in [2.75, 3.05) is 0 Å². The van der Waals surface area contributed by atoms with Crippen molar-refractivity contribution in [3.63, 3.8) is 0 Å². The number of benzene rings is 3. The van der Waals surface area contributed by atoms with E-state index in [-0.39, 0.29) is 5.57 Å². The van der Waals surface area contributed by atoms with Gasteiger partial charge < -0.3 is 15.4 Å². The van der Waals surface area contributed by atoms with E-state index in [0.29, 0.717) is 31.0 Å². The Morgan fingerprint density at radius 3 is 1.83 bits per heavy atom. The molecule has 0 unspecified atom stereocenters. The second-order valence-corrected chi connectivity index (χ2v) is 8.08. The van der Waals surface area contributed by atoms with E-state index in [1.165, 1.54) is 0 Å². The molecule has 0 saturated carbocycles. The lowest BCUT2D eigenvalue weighted by atomic mass is 10.1. The van der Waals surface area contributed by atoms with Crippen molar-refractivity contribution in [3.8, 4) is 5.75 Å². The zero-order valence-electron chi connectivity index (χ0n) is 19.8. The van der Waals surface area contributed by atoms with E-state index in [2.05, 4.69) is 15.6 Å². The van der Waals surface area contributed by atoms with Crippen LogP contribution in [-0.4, -0.2) is 16.8 Å². The van der Waals surface area contributed by atoms with Crippen LogP contribution in [0.15, 0.2) is 115 Å². The number of hydrogen-bond acceptors (Lipinski definition) is 4. The molecule has 0 atom stereocenters. The molecule has 0 aliphatic heterocycles. The molecule has 6 heteroatoms. The van der Waals surface area contributed by atoms with Gasteiger partial charge in [0.15, 0.2) is 0 Å². The van der Waals surface area contributed by atoms with Crippen LogP contribution in [0.3, 0.4) is 0 Å². The average molecular weight is 478 g/mol. The van der Waals surface area contributed by atoms with E-state index in [4.69, 9.17) is 4.74 Å². The van der Waals surface area contributed by atoms with Gasteiger partial charge in [0.1, 0.15) is 17.9 Å². The molecule has 36 heavy (non-hydrogen) atoms. The molecule has 4 rings (SSSR count). The molecule has 0 radical (unpaired) electrons. The molecule has 0 bridgehead atoms. The molecule has 180 valence electrons. The Morgan fingerprint density at radius 1 is 0.694 bits per heavy atom. The minimum atomic E-state index is -0.466. The van der Waals surface area contributed by atoms with Crippen LogP contribution in [0.5, 0.6) is 5.75 Å². The van der Waals surface area contributed by atoms with E-state index in [0.717, 1.165) is 16.7 Å². The van der Waals surface area contributed by atoms with Gasteiger partial charge >= 0.3 is 0 Å². The summed E-state index contributed by atoms with van der Waals surface area (Å²) in [6, 6.07) is 30.2. The lowest BCUT2D eigenvalue weighted by Crippen LogP contribution is -2.34. The van der Waals surface area contributed by atoms with Gasteiger partial charge in [-0.3, -0.25) is 14.6 Å². The maximum atomic E-state index is 13.2. The molecule has 1 heterocycles. The Balaban J connectivity index is 1.55. The molecule has 0 saturated heterocycles. The van der Waals surface area contributed by atoms with E-state index in [1.54, 1.807) is 18.5 Å². The van der Waals surface area contributed by atoms with Gasteiger partial charge in [0.25, 0.3) is 11.8 Å². The normalized spacial score (nSPS) is 10.2. The number of nitrogens with zero attached hydrogens (tertiary/aromatic N) is 1. The van der Waals surface area contributed by atoms with Gasteiger partial charge in [-0.05, 0) is 29.3 Å². The number of carbonyl (C=O) groups excluding carboxylic acids is 2. The standard InChI is InChI=1S/C30H27N3O3/c34-29(32-20-23-10-3-1-4-11-23)27(30(35)33-21-24-12-5-2-6-13-24)18-26-15-7-8-16-28(26)36-22-25-14-9-17-31-19-25/h1-19H,20-22H2,(H,32,34)(H,33,35). The molecule has 0 aliphatic carbocycles. The van der Waals surface area contributed by atoms with Crippen LogP contribution in [0.4, 0.5) is 0 Å². The second kappa shape index (κ2) is 12.7. The Bertz CT molecular complexity index is 1250. The number of pyridine rings is 1. The number of aromatic nitrogens is 1. The van der Waals surface area contributed by atoms with Crippen molar-refractivity contribution in [1.29, 1.82) is 0 Å². The fraction of sp³-hybridized carbons (Fsp3) is 0.100. The average Bonchev–Trinajstić information content (AvgIpc) is 2.94. The molecule has 2 amide bonds. The SMILES string of the molecule is O=C(NCc1ccccc1)C(=Cc1ccccc1OCc1cccnc1)C(=O)NCc1ccccc1. The zero-order chi connectivity index (χ0) is 25.0. The first-order valence-electron chi connectivity index (χ1n) is 11.7. The minimum Gasteiger partial charge on any atom is -0.488 e. The highest BCUT2D eigenvalue weighted by Crippen LogP contribution is 2.22. The summed E-state index contributed by atoms with van der Waals surface area (Å²) in [6.45, 7) is 0.929. The Hall–Kier alpha value is -4.71. The van der Waals surface area contributed by atoms with Gasteiger partial charge in [-0.15, -0.1) is 0 Å². The van der Waals surface area contributed by atoms with Crippen LogP contribution in [-0.2, 0) is 29.3 Å². The molecule has 6 nitrogen and oxygen atoms in total. The van der Waals surface area contributed by atoms with Crippen LogP contribution >= 0.6 is 0 Å². The summed E-state index contributed by atoms with van der Waals surface area (Å²) in [6.07, 6.45) is 5.01. The number of amides is 2. The fourth-order valence-electron chi connectivity index (χ4n) is 3.51. The monoisotopic (exact) mass is 477 g/mol. The summed E-state index contributed by atoms with van der Waals surface area (Å²) in [5, 5.41) is 5.72. The number of hydrogen-bond donors (Lipinski definition) is 2. The first-order valence-corrected chi connectivity index (χ1v) is 11.7. The van der Waals surface area contributed by atoms with Crippen molar-refractivity contribution < 1.29 is 14.3 Å². The third-order valence-corrected chi connectivity index (χ3v) is 5.42. The number of carbonyl (C=O) groups is 2. The summed E-state index contributed by atoms with van der Waals surface area (Å²) in [4.78, 5) is 30.5. The fourth-order valence-corrected chi connectivity index (χ4v) is 3.51. The molecule has 0 aliphatic rings. The minimum absolute atomic E-state index is 0.000657. The molecule has 0 fully saturated rings. The largest absolute Gasteiger partial charge is 0.488 e. The predicted octanol–water partition coefficient (Wildman–Crippen LogP) is 4.68. The summed E-state index contributed by atoms with van der Waals surface area (Å²) < 4.78 is 5.99. The third kappa shape index (κ3) is 7.14. The van der Waals surface area contributed by atoms with Crippen LogP contribution in [0.25, 0.3) is 6.08 Å². The van der Waals surface area contributed by atoms with Crippen LogP contribution in [0.1, 0.15) is 22.3 Å². The highest BCUT2D eigenvalue weighted by Gasteiger charge is 2.19. The highest BCUT2D eigenvalue weighted by atomic mass is 16.5. The Kier molecular flexibility index (Phi) is 8.59. The van der Waals surface area contributed by atoms with Crippen LogP contribution in [0.2, 0.25) is 0 Å². The summed E-state index contributed by atoms with van der Waals surface area (Å²) >= 11 is 0. The van der Waals surface area contributed by atoms with E-state index in [9.17, 15) is 9.59 Å². The van der Waals surface area contributed by atoms with Gasteiger partial charge in [0, 0.05) is 36.6 Å². The quantitative estimate of drug-likeness (QED) is 0.198. The maximum absolute atomic E-state index is 13.2. The van der Waals surface area contributed by atoms with E-state index in [1.807, 2.05) is 97.1 Å². The van der Waals surface area contributed by atoms with E-state index < -0.39 is 11.8 Å². The van der Waals surface area contributed by atoms with Gasteiger partial charge in [-0.2, -0.15) is 0 Å². The summed E-state index contributed by atoms with van der Waals surface area (Å²) in [5.74, 6) is -0.372. The van der Waals surface area contributed by atoms with Gasteiger partial charge in [0.2, 0.25) is 0 Å². The third-order valence-electron chi connectivity index (χ3n) is 5.42. The van der Waals surface area contributed by atoms with Gasteiger partial charge in [-0.1, -0.05) is 84.9 Å². The molecule has 2 N–H and O–H groups in total. The predicted molar refractivity (Wildman–Crippen MR) is 140 cm³/mol. The van der Waals surface area contributed by atoms with Gasteiger partial charge in [0.05, 0.1) is 0 Å². The van der Waals surface area contributed by atoms with Crippen molar-refractivity contribution in [2.24, 2.45) is 0 Å². The molecule has 3 aromatic carbocycles. The second-order valence-electron chi connectivity index (χ2n) is 8.08. The van der Waals surface area contributed by atoms with Crippen molar-refractivity contribution in [2.45, 2.75) is 19.7 Å². The topological polar surface area (TPSA) is 80.3 Å². The maximum Gasteiger partial charge on any atom is 0.257 e. The molecule has 4 aromatic rings. The van der Waals surface area contributed by atoms with Crippen molar-refractivity contribution in [1.82, 2.24) is 15.6 Å². The molecule has 1 aromatic heterocycles. The van der Waals surface area contributed by atoms with Crippen molar-refractivity contribution in [3.05, 3.63) is 137 Å². The van der Waals surface area contributed by atoms with Gasteiger partial charge in [-0.25, -0.2) is 0 Å². The first kappa shape index (κ1) is 24.4. The van der Waals surface area contributed by atoms with Crippen LogP contribution < -0.4 is 15.4 Å². The lowest BCUT2D eigenvalue weighted by molar-refractivity contribution is -0.123. The number of rotatable bonds is 10. The summed E-state index contributed by atoms with van der Waals surface area (Å²) in [5.41, 5.74) is 3.42. The number of ether oxygens (including phenoxy) is 1. The van der Waals surface area contributed by atoms with Crippen molar-refractivity contribution >= 4 is 17.9 Å². The Labute approximate surface area is 210 Å². The Morgan fingerprint density at radius 2 is 1.25 bits per heavy atom. The molecule has 0 spiro atoms. The highest BCUT2D eigenvalue weighted by molar-refractivity contribution is 6.21. The zero-order valence-corrected chi connectivity index (χ0v) is 19.8. The molecular weight excluding hydrogens is 450 g/mol. The van der Waals surface area contributed by atoms with E-state index >= 15 is 0 Å². The summed E-state index contributed by atoms with van der Waals surface area (Å²) in [7, 11) is 0. The number of nitrogens with one attached hydrogen (secondary N) is 2. The molecular formula is C30H27N3O3. The first-order chi connectivity index (χ1) is 17.7.